The highest BCUT2D eigenvalue weighted by atomic mass is 16.6. The number of hydrogen-bond donors (Lipinski definition) is 2. The van der Waals surface area contributed by atoms with E-state index in [9.17, 15) is 9.90 Å². The molecule has 174 valence electrons. The van der Waals surface area contributed by atoms with Crippen molar-refractivity contribution in [3.63, 3.8) is 0 Å². The second-order valence-corrected chi connectivity index (χ2v) is 7.14. The molecule has 0 aromatic heterocycles. The number of rotatable bonds is 0. The molecule has 0 amide bonds. The molecule has 0 saturated heterocycles. The van der Waals surface area contributed by atoms with E-state index in [4.69, 9.17) is 23.7 Å². The highest BCUT2D eigenvalue weighted by molar-refractivity contribution is 6.59. The number of nitrogens with zero attached hydrogens (tertiary/aromatic N) is 1. The molecule has 2 N–H and O–H groups in total. The van der Waals surface area contributed by atoms with Gasteiger partial charge in [0.15, 0.2) is 11.5 Å². The summed E-state index contributed by atoms with van der Waals surface area (Å²) in [5.74, 6) is 0.420. The molecule has 0 spiro atoms. The van der Waals surface area contributed by atoms with Crippen LogP contribution in [-0.2, 0) is 19.0 Å². The molecule has 0 unspecified atom stereocenters. The van der Waals surface area contributed by atoms with Crippen LogP contribution in [0.25, 0.3) is 0 Å². The van der Waals surface area contributed by atoms with Crippen LogP contribution in [0.1, 0.15) is 0 Å². The molecule has 33 heavy (non-hydrogen) atoms. The number of aliphatic imine (C=N–C) groups is 1. The maximum atomic E-state index is 12.7. The van der Waals surface area contributed by atoms with Gasteiger partial charge in [0.05, 0.1) is 45.3 Å². The molecule has 3 aliphatic rings. The number of nitrogens with one attached hydrogen (secondary N) is 1. The zero-order valence-electron chi connectivity index (χ0n) is 18.1. The lowest BCUT2D eigenvalue weighted by molar-refractivity contribution is -0.110. The minimum atomic E-state index is -0.397. The lowest BCUT2D eigenvalue weighted by Crippen LogP contribution is -2.35. The topological polar surface area (TPSA) is 108 Å². The van der Waals surface area contributed by atoms with Gasteiger partial charge in [0.1, 0.15) is 36.1 Å². The predicted molar refractivity (Wildman–Crippen MR) is 122 cm³/mol. The first-order chi connectivity index (χ1) is 16.2. The molecule has 0 atom stereocenters. The van der Waals surface area contributed by atoms with Gasteiger partial charge in [0.2, 0.25) is 5.78 Å². The van der Waals surface area contributed by atoms with E-state index in [0.29, 0.717) is 75.7 Å². The maximum absolute atomic E-state index is 12.7. The molecule has 9 heteroatoms. The predicted octanol–water partition coefficient (Wildman–Crippen LogP) is 3.04. The smallest absolute Gasteiger partial charge is 0.235 e. The number of ketones is 1. The molecule has 1 aliphatic carbocycles. The molecule has 2 aromatic carbocycles. The molecular formula is C24H26N2O7. The number of aliphatic hydroxyl groups excluding tert-OH is 1. The van der Waals surface area contributed by atoms with Crippen LogP contribution < -0.4 is 14.8 Å². The zero-order chi connectivity index (χ0) is 22.9. The van der Waals surface area contributed by atoms with E-state index in [1.807, 2.05) is 12.1 Å². The van der Waals surface area contributed by atoms with Gasteiger partial charge in [-0.2, -0.15) is 0 Å². The molecule has 9 nitrogen and oxygen atoms in total. The third kappa shape index (κ3) is 5.89. The standard InChI is InChI=1S/C24H26N2O7/c27-23-21-24(28)22(23)26-18-6-2-4-8-20(18)33-16-14-31-12-10-29-9-11-30-13-15-32-19-7-3-1-5-17(19)25-21/h1-8,25,27H,9-16H2. The minimum Gasteiger partial charge on any atom is -0.504 e. The summed E-state index contributed by atoms with van der Waals surface area (Å²) >= 11 is 0. The first-order valence-corrected chi connectivity index (χ1v) is 10.7. The van der Waals surface area contributed by atoms with Gasteiger partial charge in [0, 0.05) is 0 Å². The summed E-state index contributed by atoms with van der Waals surface area (Å²) in [6, 6.07) is 14.2. The van der Waals surface area contributed by atoms with Crippen molar-refractivity contribution in [1.82, 2.24) is 0 Å². The third-order valence-corrected chi connectivity index (χ3v) is 4.86. The normalized spacial score (nSPS) is 18.5. The van der Waals surface area contributed by atoms with Crippen LogP contribution in [0.2, 0.25) is 0 Å². The van der Waals surface area contributed by atoms with Crippen LogP contribution in [-0.4, -0.2) is 69.5 Å². The van der Waals surface area contributed by atoms with E-state index in [1.54, 1.807) is 36.4 Å². The fourth-order valence-corrected chi connectivity index (χ4v) is 3.19. The Balaban J connectivity index is 1.54. The Labute approximate surface area is 191 Å². The number of para-hydroxylation sites is 4. The number of carbonyl (C=O) groups excluding carboxylic acids is 1. The van der Waals surface area contributed by atoms with Gasteiger partial charge in [0.25, 0.3) is 0 Å². The molecule has 2 aliphatic heterocycles. The summed E-state index contributed by atoms with van der Waals surface area (Å²) in [4.78, 5) is 17.0. The number of carbonyl (C=O) groups is 1. The van der Waals surface area contributed by atoms with Crippen LogP contribution in [0.3, 0.4) is 0 Å². The Morgan fingerprint density at radius 1 is 0.727 bits per heavy atom. The summed E-state index contributed by atoms with van der Waals surface area (Å²) in [6.07, 6.45) is 0. The van der Waals surface area contributed by atoms with Crippen molar-refractivity contribution in [1.29, 1.82) is 0 Å². The van der Waals surface area contributed by atoms with Gasteiger partial charge < -0.3 is 34.1 Å². The van der Waals surface area contributed by atoms with E-state index >= 15 is 0 Å². The van der Waals surface area contributed by atoms with Crippen molar-refractivity contribution in [2.45, 2.75) is 0 Å². The maximum Gasteiger partial charge on any atom is 0.235 e. The average molecular weight is 454 g/mol. The highest BCUT2D eigenvalue weighted by Crippen LogP contribution is 2.33. The lowest BCUT2D eigenvalue weighted by atomic mass is 9.97. The summed E-state index contributed by atoms with van der Waals surface area (Å²) in [6.45, 7) is 3.19. The van der Waals surface area contributed by atoms with Gasteiger partial charge in [-0.05, 0) is 24.3 Å². The fraction of sp³-hybridized carbons (Fsp3) is 0.333. The number of Topliss-reactive ketones (excluding diaryl/α,β-unsaturated/α-hetero) is 1. The van der Waals surface area contributed by atoms with E-state index in [2.05, 4.69) is 10.3 Å². The van der Waals surface area contributed by atoms with E-state index in [1.165, 1.54) is 0 Å². The fourth-order valence-electron chi connectivity index (χ4n) is 3.19. The second kappa shape index (κ2) is 11.5. The number of allylic oxidation sites excluding steroid dienone is 2. The van der Waals surface area contributed by atoms with E-state index in [-0.39, 0.29) is 17.2 Å². The lowest BCUT2D eigenvalue weighted by Gasteiger charge is -2.22. The molecule has 2 aromatic rings. The van der Waals surface area contributed by atoms with Crippen molar-refractivity contribution in [2.24, 2.45) is 4.99 Å². The second-order valence-electron chi connectivity index (χ2n) is 7.14. The molecule has 0 saturated carbocycles. The monoisotopic (exact) mass is 454 g/mol. The zero-order valence-corrected chi connectivity index (χ0v) is 18.1. The first-order valence-electron chi connectivity index (χ1n) is 10.7. The van der Waals surface area contributed by atoms with Crippen molar-refractivity contribution >= 4 is 22.9 Å². The van der Waals surface area contributed by atoms with Crippen LogP contribution in [0, 0.1) is 0 Å². The number of ether oxygens (including phenoxy) is 5. The number of fused-ring (bicyclic) bond motifs is 12. The van der Waals surface area contributed by atoms with Crippen LogP contribution in [0.15, 0.2) is 65.0 Å². The van der Waals surface area contributed by atoms with Gasteiger partial charge in [-0.15, -0.1) is 0 Å². The Bertz CT molecular complexity index is 1030. The van der Waals surface area contributed by atoms with Gasteiger partial charge in [-0.3, -0.25) is 4.79 Å². The van der Waals surface area contributed by atoms with Crippen molar-refractivity contribution < 1.29 is 33.6 Å². The van der Waals surface area contributed by atoms with Gasteiger partial charge in [-0.1, -0.05) is 24.3 Å². The first kappa shape index (κ1) is 22.8. The van der Waals surface area contributed by atoms with E-state index in [0.717, 1.165) is 0 Å². The van der Waals surface area contributed by atoms with Crippen molar-refractivity contribution in [3.8, 4) is 11.5 Å². The van der Waals surface area contributed by atoms with Crippen LogP contribution >= 0.6 is 0 Å². The number of hydrogen-bond acceptors (Lipinski definition) is 9. The molecule has 0 radical (unpaired) electrons. The molecule has 2 bridgehead atoms. The number of aliphatic hydroxyl groups is 1. The Morgan fingerprint density at radius 3 is 1.94 bits per heavy atom. The number of anilines is 1. The van der Waals surface area contributed by atoms with Crippen LogP contribution in [0.4, 0.5) is 11.4 Å². The molecular weight excluding hydrogens is 428 g/mol. The summed E-state index contributed by atoms with van der Waals surface area (Å²) in [5.41, 5.74) is 1.03. The van der Waals surface area contributed by atoms with Crippen molar-refractivity contribution in [3.05, 3.63) is 60.0 Å². The largest absolute Gasteiger partial charge is 0.504 e. The number of benzene rings is 2. The van der Waals surface area contributed by atoms with Crippen molar-refractivity contribution in [2.75, 3.05) is 58.2 Å². The third-order valence-electron chi connectivity index (χ3n) is 4.86. The van der Waals surface area contributed by atoms with Gasteiger partial charge in [-0.25, -0.2) is 4.99 Å². The summed E-state index contributed by atoms with van der Waals surface area (Å²) < 4.78 is 28.0. The van der Waals surface area contributed by atoms with E-state index < -0.39 is 5.78 Å². The molecule has 2 heterocycles. The Hall–Kier alpha value is -3.40. The average Bonchev–Trinajstić information content (AvgIpc) is 2.84. The Kier molecular flexibility index (Phi) is 7.91. The Morgan fingerprint density at radius 2 is 1.27 bits per heavy atom. The molecule has 5 rings (SSSR count). The summed E-state index contributed by atoms with van der Waals surface area (Å²) in [7, 11) is 0. The minimum absolute atomic E-state index is 0.0316. The van der Waals surface area contributed by atoms with Gasteiger partial charge >= 0.3 is 0 Å². The quantitative estimate of drug-likeness (QED) is 0.585. The van der Waals surface area contributed by atoms with Crippen LogP contribution in [0.5, 0.6) is 11.5 Å². The highest BCUT2D eigenvalue weighted by Gasteiger charge is 2.36. The SMILES string of the molecule is O=C1C2=Nc3ccccc3OCCOCCOCCOCCOc3ccccc3NC1=C2O. The summed E-state index contributed by atoms with van der Waals surface area (Å²) in [5, 5.41) is 13.5. The molecule has 0 fully saturated rings.